The molecule has 1 aliphatic heterocycles. The molecular formula is C21H20N4OS. The Kier molecular flexibility index (Phi) is 5.24. The Bertz CT molecular complexity index is 986. The number of rotatable bonds is 3. The number of carbonyl (C=O) groups excluding carboxylic acids is 1. The molecule has 1 atom stereocenters. The van der Waals surface area contributed by atoms with Gasteiger partial charge in [-0.1, -0.05) is 29.8 Å². The summed E-state index contributed by atoms with van der Waals surface area (Å²) in [6.45, 7) is 5.88. The highest BCUT2D eigenvalue weighted by molar-refractivity contribution is 7.80. The van der Waals surface area contributed by atoms with E-state index in [4.69, 9.17) is 17.5 Å². The summed E-state index contributed by atoms with van der Waals surface area (Å²) >= 11 is 5.27. The molecule has 0 radical (unpaired) electrons. The number of nitrogens with zero attached hydrogens (tertiary/aromatic N) is 1. The third-order valence-corrected chi connectivity index (χ3v) is 4.69. The smallest absolute Gasteiger partial charge is 0.255 e. The third kappa shape index (κ3) is 3.99. The molecule has 27 heavy (non-hydrogen) atoms. The maximum Gasteiger partial charge on any atom is 0.255 e. The number of carbonyl (C=O) groups is 1. The summed E-state index contributed by atoms with van der Waals surface area (Å²) in [6.07, 6.45) is 0. The highest BCUT2D eigenvalue weighted by Crippen LogP contribution is 2.25. The Balaban J connectivity index is 2.01. The first-order valence-corrected chi connectivity index (χ1v) is 9.00. The van der Waals surface area contributed by atoms with Crippen molar-refractivity contribution < 1.29 is 4.79 Å². The summed E-state index contributed by atoms with van der Waals surface area (Å²) in [7, 11) is 0. The molecule has 3 rings (SSSR count). The first-order valence-electron chi connectivity index (χ1n) is 8.60. The Morgan fingerprint density at radius 2 is 1.89 bits per heavy atom. The second-order valence-corrected chi connectivity index (χ2v) is 6.98. The molecule has 0 saturated heterocycles. The number of benzene rings is 2. The van der Waals surface area contributed by atoms with E-state index < -0.39 is 0 Å². The fourth-order valence-corrected chi connectivity index (χ4v) is 3.37. The molecule has 0 fully saturated rings. The van der Waals surface area contributed by atoms with Crippen LogP contribution in [0.3, 0.4) is 0 Å². The fraction of sp³-hybridized carbons (Fsp3) is 0.190. The summed E-state index contributed by atoms with van der Waals surface area (Å²) in [5, 5.41) is 18.7. The Hall–Kier alpha value is -3.17. The predicted molar refractivity (Wildman–Crippen MR) is 111 cm³/mol. The summed E-state index contributed by atoms with van der Waals surface area (Å²) in [5.41, 5.74) is 5.50. The van der Waals surface area contributed by atoms with E-state index in [-0.39, 0.29) is 11.9 Å². The third-order valence-electron chi connectivity index (χ3n) is 4.47. The van der Waals surface area contributed by atoms with Crippen LogP contribution in [0.5, 0.6) is 0 Å². The fourth-order valence-electron chi connectivity index (χ4n) is 3.10. The maximum absolute atomic E-state index is 13.1. The van der Waals surface area contributed by atoms with Gasteiger partial charge >= 0.3 is 0 Å². The van der Waals surface area contributed by atoms with E-state index in [1.807, 2.05) is 51.1 Å². The lowest BCUT2D eigenvalue weighted by Crippen LogP contribution is -2.49. The van der Waals surface area contributed by atoms with Crippen molar-refractivity contribution in [2.45, 2.75) is 26.8 Å². The molecule has 1 aliphatic rings. The lowest BCUT2D eigenvalue weighted by atomic mass is 9.97. The van der Waals surface area contributed by atoms with Gasteiger partial charge in [-0.15, -0.1) is 0 Å². The molecule has 5 nitrogen and oxygen atoms in total. The number of hydrogen-bond acceptors (Lipinski definition) is 3. The van der Waals surface area contributed by atoms with E-state index in [0.717, 1.165) is 22.4 Å². The zero-order chi connectivity index (χ0) is 19.6. The zero-order valence-corrected chi connectivity index (χ0v) is 16.2. The number of amides is 1. The standard InChI is InChI=1S/C21H20N4OS/c1-12-4-9-17(13(2)10-12)24-20(26)18-14(3)23-21(27)25-19(18)16-7-5-15(11-22)6-8-16/h4-10,14H,1-3H3,(H,24,26)(H2,23,25,27). The van der Waals surface area contributed by atoms with E-state index in [0.29, 0.717) is 21.9 Å². The minimum Gasteiger partial charge on any atom is -0.356 e. The van der Waals surface area contributed by atoms with Crippen LogP contribution < -0.4 is 16.0 Å². The van der Waals surface area contributed by atoms with Crippen molar-refractivity contribution in [2.75, 3.05) is 5.32 Å². The van der Waals surface area contributed by atoms with Crippen molar-refractivity contribution in [3.05, 3.63) is 70.3 Å². The molecule has 2 aromatic rings. The molecule has 0 aromatic heterocycles. The first-order chi connectivity index (χ1) is 12.9. The lowest BCUT2D eigenvalue weighted by molar-refractivity contribution is -0.113. The van der Waals surface area contributed by atoms with Gasteiger partial charge in [-0.3, -0.25) is 4.79 Å². The van der Waals surface area contributed by atoms with Crippen molar-refractivity contribution in [3.8, 4) is 6.07 Å². The highest BCUT2D eigenvalue weighted by atomic mass is 32.1. The van der Waals surface area contributed by atoms with E-state index in [2.05, 4.69) is 22.0 Å². The maximum atomic E-state index is 13.1. The second-order valence-electron chi connectivity index (χ2n) is 6.57. The summed E-state index contributed by atoms with van der Waals surface area (Å²) < 4.78 is 0. The van der Waals surface area contributed by atoms with Crippen molar-refractivity contribution in [3.63, 3.8) is 0 Å². The molecule has 2 aromatic carbocycles. The van der Waals surface area contributed by atoms with Gasteiger partial charge in [0.1, 0.15) is 0 Å². The van der Waals surface area contributed by atoms with Gasteiger partial charge in [-0.2, -0.15) is 5.26 Å². The minimum absolute atomic E-state index is 0.198. The van der Waals surface area contributed by atoms with Crippen LogP contribution in [0.4, 0.5) is 5.69 Å². The Morgan fingerprint density at radius 3 is 2.52 bits per heavy atom. The number of nitrogens with one attached hydrogen (secondary N) is 3. The molecule has 1 amide bonds. The van der Waals surface area contributed by atoms with Crippen molar-refractivity contribution in [1.29, 1.82) is 5.26 Å². The van der Waals surface area contributed by atoms with E-state index >= 15 is 0 Å². The van der Waals surface area contributed by atoms with Gasteiger partial charge in [-0.05, 0) is 62.3 Å². The SMILES string of the molecule is Cc1ccc(NC(=O)C2=C(c3ccc(C#N)cc3)NC(=S)NC2C)c(C)c1. The van der Waals surface area contributed by atoms with Crippen LogP contribution >= 0.6 is 12.2 Å². The molecular weight excluding hydrogens is 356 g/mol. The van der Waals surface area contributed by atoms with E-state index in [1.54, 1.807) is 12.1 Å². The van der Waals surface area contributed by atoms with Crippen LogP contribution in [0.15, 0.2) is 48.0 Å². The predicted octanol–water partition coefficient (Wildman–Crippen LogP) is 3.39. The number of thiocarbonyl (C=S) groups is 1. The molecule has 0 saturated carbocycles. The molecule has 3 N–H and O–H groups in total. The van der Waals surface area contributed by atoms with E-state index in [9.17, 15) is 4.79 Å². The van der Waals surface area contributed by atoms with Crippen molar-refractivity contribution >= 4 is 34.6 Å². The minimum atomic E-state index is -0.254. The van der Waals surface area contributed by atoms with Crippen LogP contribution in [0.25, 0.3) is 5.70 Å². The largest absolute Gasteiger partial charge is 0.356 e. The first kappa shape index (κ1) is 18.6. The average molecular weight is 376 g/mol. The number of nitriles is 1. The number of aryl methyl sites for hydroxylation is 2. The topological polar surface area (TPSA) is 77.0 Å². The second kappa shape index (κ2) is 7.60. The molecule has 136 valence electrons. The normalized spacial score (nSPS) is 16.2. The van der Waals surface area contributed by atoms with Gasteiger partial charge in [0.2, 0.25) is 0 Å². The molecule has 0 aliphatic carbocycles. The van der Waals surface area contributed by atoms with Crippen LogP contribution in [0.1, 0.15) is 29.2 Å². The zero-order valence-electron chi connectivity index (χ0n) is 15.4. The number of hydrogen-bond donors (Lipinski definition) is 3. The van der Waals surface area contributed by atoms with Crippen LogP contribution in [-0.2, 0) is 4.79 Å². The molecule has 6 heteroatoms. The molecule has 1 heterocycles. The molecule has 1 unspecified atom stereocenters. The van der Waals surface area contributed by atoms with Crippen LogP contribution in [-0.4, -0.2) is 17.1 Å². The van der Waals surface area contributed by atoms with Gasteiger partial charge in [0.25, 0.3) is 5.91 Å². The molecule has 0 spiro atoms. The summed E-state index contributed by atoms with van der Waals surface area (Å²) in [6, 6.07) is 14.8. The van der Waals surface area contributed by atoms with Gasteiger partial charge < -0.3 is 16.0 Å². The average Bonchev–Trinajstić information content (AvgIpc) is 2.63. The van der Waals surface area contributed by atoms with Crippen molar-refractivity contribution in [1.82, 2.24) is 10.6 Å². The van der Waals surface area contributed by atoms with Gasteiger partial charge in [0.15, 0.2) is 5.11 Å². The quantitative estimate of drug-likeness (QED) is 0.716. The van der Waals surface area contributed by atoms with E-state index in [1.165, 1.54) is 0 Å². The van der Waals surface area contributed by atoms with Crippen LogP contribution in [0, 0.1) is 25.2 Å². The van der Waals surface area contributed by atoms with Crippen LogP contribution in [0.2, 0.25) is 0 Å². The number of anilines is 1. The molecule has 0 bridgehead atoms. The lowest BCUT2D eigenvalue weighted by Gasteiger charge is -2.29. The van der Waals surface area contributed by atoms with Crippen molar-refractivity contribution in [2.24, 2.45) is 0 Å². The Morgan fingerprint density at radius 1 is 1.19 bits per heavy atom. The Labute approximate surface area is 164 Å². The summed E-state index contributed by atoms with van der Waals surface area (Å²) in [4.78, 5) is 13.1. The highest BCUT2D eigenvalue weighted by Gasteiger charge is 2.28. The summed E-state index contributed by atoms with van der Waals surface area (Å²) in [5.74, 6) is -0.198. The van der Waals surface area contributed by atoms with Gasteiger partial charge in [0, 0.05) is 5.69 Å². The van der Waals surface area contributed by atoms with Gasteiger partial charge in [-0.25, -0.2) is 0 Å². The van der Waals surface area contributed by atoms with Gasteiger partial charge in [0.05, 0.1) is 28.9 Å². The monoisotopic (exact) mass is 376 g/mol.